The maximum absolute atomic E-state index is 13.2. The summed E-state index contributed by atoms with van der Waals surface area (Å²) < 4.78 is 45.2. The van der Waals surface area contributed by atoms with Crippen molar-refractivity contribution >= 4 is 46.3 Å². The van der Waals surface area contributed by atoms with Crippen LogP contribution in [0.3, 0.4) is 0 Å². The van der Waals surface area contributed by atoms with Gasteiger partial charge in [0.1, 0.15) is 15.8 Å². The summed E-state index contributed by atoms with van der Waals surface area (Å²) in [4.78, 5) is 24.4. The van der Waals surface area contributed by atoms with E-state index in [2.05, 4.69) is 0 Å². The van der Waals surface area contributed by atoms with Crippen LogP contribution in [-0.2, 0) is 15.8 Å². The Morgan fingerprint density at radius 3 is 2.64 bits per heavy atom. The van der Waals surface area contributed by atoms with Crippen LogP contribution in [-0.4, -0.2) is 32.7 Å². The molecule has 28 heavy (non-hydrogen) atoms. The lowest BCUT2D eigenvalue weighted by molar-refractivity contribution is -0.138. The minimum atomic E-state index is -4.53. The molecule has 1 aromatic heterocycles. The number of nitrogens with zero attached hydrogens (tertiary/aromatic N) is 1. The Morgan fingerprint density at radius 1 is 1.25 bits per heavy atom. The van der Waals surface area contributed by atoms with E-state index in [1.54, 1.807) is 0 Å². The third-order valence-corrected chi connectivity index (χ3v) is 5.20. The smallest absolute Gasteiger partial charge is 0.417 e. The van der Waals surface area contributed by atoms with E-state index in [1.165, 1.54) is 41.3 Å². The fourth-order valence-corrected chi connectivity index (χ4v) is 3.84. The Hall–Kier alpha value is -2.59. The number of benzene rings is 1. The maximum Gasteiger partial charge on any atom is 0.417 e. The second-order valence-electron chi connectivity index (χ2n) is 5.72. The Morgan fingerprint density at radius 2 is 1.96 bits per heavy atom. The highest BCUT2D eigenvalue weighted by Gasteiger charge is 2.34. The number of amides is 1. The van der Waals surface area contributed by atoms with Gasteiger partial charge in [-0.05, 0) is 18.2 Å². The Balaban J connectivity index is 1.85. The number of furan rings is 1. The van der Waals surface area contributed by atoms with Crippen molar-refractivity contribution < 1.29 is 32.3 Å². The number of alkyl halides is 3. The van der Waals surface area contributed by atoms with Crippen molar-refractivity contribution in [1.82, 2.24) is 4.90 Å². The summed E-state index contributed by atoms with van der Waals surface area (Å²) in [5.74, 6) is -1.33. The number of hydrogen-bond donors (Lipinski definition) is 1. The lowest BCUT2D eigenvalue weighted by Crippen LogP contribution is -2.30. The van der Waals surface area contributed by atoms with E-state index in [4.69, 9.17) is 21.7 Å². The van der Waals surface area contributed by atoms with Crippen LogP contribution in [0.2, 0.25) is 0 Å². The number of carbonyl (C=O) groups is 2. The first-order valence-corrected chi connectivity index (χ1v) is 9.13. The molecule has 1 amide bonds. The van der Waals surface area contributed by atoms with E-state index in [1.807, 2.05) is 0 Å². The molecule has 0 radical (unpaired) electrons. The highest BCUT2D eigenvalue weighted by molar-refractivity contribution is 8.26. The van der Waals surface area contributed by atoms with Crippen LogP contribution >= 0.6 is 24.0 Å². The van der Waals surface area contributed by atoms with Crippen molar-refractivity contribution in [2.24, 2.45) is 0 Å². The molecule has 1 saturated heterocycles. The molecule has 2 heterocycles. The Labute approximate surface area is 166 Å². The van der Waals surface area contributed by atoms with Crippen molar-refractivity contribution in [2.45, 2.75) is 12.6 Å². The van der Waals surface area contributed by atoms with Gasteiger partial charge in [0.05, 0.1) is 16.9 Å². The number of rotatable bonds is 5. The number of hydrogen-bond acceptors (Lipinski definition) is 5. The predicted octanol–water partition coefficient (Wildman–Crippen LogP) is 4.64. The van der Waals surface area contributed by atoms with Crippen molar-refractivity contribution in [3.05, 3.63) is 52.6 Å². The minimum absolute atomic E-state index is 0.0144. The van der Waals surface area contributed by atoms with Crippen LogP contribution in [0.5, 0.6) is 0 Å². The zero-order valence-electron chi connectivity index (χ0n) is 14.0. The van der Waals surface area contributed by atoms with E-state index in [0.717, 1.165) is 17.8 Å². The van der Waals surface area contributed by atoms with Gasteiger partial charge in [0.2, 0.25) is 0 Å². The summed E-state index contributed by atoms with van der Waals surface area (Å²) in [5, 5.41) is 8.74. The molecule has 1 aliphatic heterocycles. The number of carboxylic acids is 1. The van der Waals surface area contributed by atoms with Gasteiger partial charge < -0.3 is 9.52 Å². The Kier molecular flexibility index (Phi) is 5.61. The maximum atomic E-state index is 13.2. The summed E-state index contributed by atoms with van der Waals surface area (Å²) in [6.07, 6.45) is -3.41. The standard InChI is InChI=1S/C18H12F3NO4S2/c19-18(20,21)12-4-2-1-3-11(12)13-6-5-10(26-13)9-14-16(25)22(17(27)28-14)8-7-15(23)24/h1-6,9H,7-8H2,(H,23,24)/b14-9-. The first-order valence-electron chi connectivity index (χ1n) is 7.90. The second-order valence-corrected chi connectivity index (χ2v) is 7.40. The molecule has 1 N–H and O–H groups in total. The molecule has 0 aliphatic carbocycles. The van der Waals surface area contributed by atoms with Crippen LogP contribution in [0.15, 0.2) is 45.7 Å². The molecule has 1 aromatic carbocycles. The van der Waals surface area contributed by atoms with E-state index >= 15 is 0 Å². The predicted molar refractivity (Wildman–Crippen MR) is 101 cm³/mol. The molecule has 3 rings (SSSR count). The van der Waals surface area contributed by atoms with Gasteiger partial charge in [-0.1, -0.05) is 42.2 Å². The first-order chi connectivity index (χ1) is 13.2. The van der Waals surface area contributed by atoms with Gasteiger partial charge in [0, 0.05) is 18.2 Å². The van der Waals surface area contributed by atoms with Gasteiger partial charge in [0.25, 0.3) is 5.91 Å². The van der Waals surface area contributed by atoms with Crippen LogP contribution < -0.4 is 0 Å². The van der Waals surface area contributed by atoms with Gasteiger partial charge in [-0.25, -0.2) is 0 Å². The van der Waals surface area contributed by atoms with E-state index in [-0.39, 0.29) is 39.3 Å². The second kappa shape index (κ2) is 7.80. The van der Waals surface area contributed by atoms with E-state index in [9.17, 15) is 22.8 Å². The van der Waals surface area contributed by atoms with Crippen molar-refractivity contribution in [2.75, 3.05) is 6.54 Å². The number of thiocarbonyl (C=S) groups is 1. The largest absolute Gasteiger partial charge is 0.481 e. The summed E-state index contributed by atoms with van der Waals surface area (Å²) >= 11 is 6.06. The molecule has 146 valence electrons. The normalized spacial score (nSPS) is 16.2. The summed E-state index contributed by atoms with van der Waals surface area (Å²) in [7, 11) is 0. The highest BCUT2D eigenvalue weighted by atomic mass is 32.2. The quantitative estimate of drug-likeness (QED) is 0.554. The summed E-state index contributed by atoms with van der Waals surface area (Å²) in [5.41, 5.74) is -0.931. The number of thioether (sulfide) groups is 1. The number of carbonyl (C=O) groups excluding carboxylic acids is 1. The number of halogens is 3. The van der Waals surface area contributed by atoms with Gasteiger partial charge in [-0.15, -0.1) is 0 Å². The molecule has 0 bridgehead atoms. The zero-order valence-corrected chi connectivity index (χ0v) is 15.7. The lowest BCUT2D eigenvalue weighted by atomic mass is 10.1. The summed E-state index contributed by atoms with van der Waals surface area (Å²) in [6, 6.07) is 7.87. The molecule has 0 spiro atoms. The average Bonchev–Trinajstić information content (AvgIpc) is 3.18. The minimum Gasteiger partial charge on any atom is -0.481 e. The number of carboxylic acid groups (broad SMARTS) is 1. The summed E-state index contributed by atoms with van der Waals surface area (Å²) in [6.45, 7) is -0.0559. The lowest BCUT2D eigenvalue weighted by Gasteiger charge is -2.12. The fourth-order valence-electron chi connectivity index (χ4n) is 2.55. The molecular weight excluding hydrogens is 415 g/mol. The SMILES string of the molecule is O=C(O)CCN1C(=O)/C(=C/c2ccc(-c3ccccc3C(F)(F)F)o2)SC1=S. The molecule has 1 fully saturated rings. The average molecular weight is 427 g/mol. The molecule has 5 nitrogen and oxygen atoms in total. The first kappa shape index (κ1) is 20.2. The van der Waals surface area contributed by atoms with Crippen LogP contribution in [0.4, 0.5) is 13.2 Å². The van der Waals surface area contributed by atoms with Crippen LogP contribution in [0, 0.1) is 0 Å². The molecule has 10 heteroatoms. The van der Waals surface area contributed by atoms with Gasteiger partial charge in [-0.2, -0.15) is 13.2 Å². The van der Waals surface area contributed by atoms with Crippen molar-refractivity contribution in [1.29, 1.82) is 0 Å². The molecule has 0 atom stereocenters. The van der Waals surface area contributed by atoms with Crippen molar-refractivity contribution in [3.8, 4) is 11.3 Å². The Bertz CT molecular complexity index is 981. The molecular formula is C18H12F3NO4S2. The third kappa shape index (κ3) is 4.28. The number of aliphatic carboxylic acids is 1. The van der Waals surface area contributed by atoms with Gasteiger partial charge in [-0.3, -0.25) is 14.5 Å². The van der Waals surface area contributed by atoms with E-state index in [0.29, 0.717) is 0 Å². The zero-order chi connectivity index (χ0) is 20.5. The molecule has 0 unspecified atom stereocenters. The van der Waals surface area contributed by atoms with E-state index < -0.39 is 23.6 Å². The van der Waals surface area contributed by atoms with Gasteiger partial charge in [0.15, 0.2) is 0 Å². The highest BCUT2D eigenvalue weighted by Crippen LogP contribution is 2.38. The fraction of sp³-hybridized carbons (Fsp3) is 0.167. The molecule has 2 aromatic rings. The van der Waals surface area contributed by atoms with Crippen LogP contribution in [0.1, 0.15) is 17.7 Å². The van der Waals surface area contributed by atoms with Crippen LogP contribution in [0.25, 0.3) is 17.4 Å². The monoisotopic (exact) mass is 427 g/mol. The van der Waals surface area contributed by atoms with Gasteiger partial charge >= 0.3 is 12.1 Å². The topological polar surface area (TPSA) is 70.8 Å². The molecule has 1 aliphatic rings. The van der Waals surface area contributed by atoms with Crippen molar-refractivity contribution in [3.63, 3.8) is 0 Å². The molecule has 0 saturated carbocycles. The third-order valence-electron chi connectivity index (χ3n) is 3.82.